The standard InChI is InChI=1S/C26H27FN6/c27-19-7-3-6-18(16-19)22-11-5-15-32(22)26-14-13-25-28-17-23(33(25)31-26)21-10-4-12-24(30-21)29-20-8-1-2-9-20/h3-4,6-7,10,12-14,16-17,20,22H,1-2,5,8-9,11,15H2,(H,29,30). The predicted molar refractivity (Wildman–Crippen MR) is 128 cm³/mol. The van der Waals surface area contributed by atoms with E-state index in [9.17, 15) is 4.39 Å². The first-order valence-electron chi connectivity index (χ1n) is 11.9. The van der Waals surface area contributed by atoms with Crippen molar-refractivity contribution < 1.29 is 4.39 Å². The van der Waals surface area contributed by atoms with Crippen molar-refractivity contribution in [1.29, 1.82) is 0 Å². The number of anilines is 2. The molecule has 7 heteroatoms. The van der Waals surface area contributed by atoms with Gasteiger partial charge in [0.2, 0.25) is 0 Å². The van der Waals surface area contributed by atoms with Crippen LogP contribution in [0, 0.1) is 5.82 Å². The molecule has 0 spiro atoms. The van der Waals surface area contributed by atoms with E-state index >= 15 is 0 Å². The molecule has 6 nitrogen and oxygen atoms in total. The molecule has 0 bridgehead atoms. The van der Waals surface area contributed by atoms with Crippen molar-refractivity contribution in [2.45, 2.75) is 50.6 Å². The summed E-state index contributed by atoms with van der Waals surface area (Å²) in [6.07, 6.45) is 8.84. The van der Waals surface area contributed by atoms with E-state index in [1.54, 1.807) is 12.1 Å². The van der Waals surface area contributed by atoms with Gasteiger partial charge in [0.05, 0.1) is 17.9 Å². The molecule has 33 heavy (non-hydrogen) atoms. The molecule has 2 fully saturated rings. The number of imidazole rings is 1. The molecule has 1 aromatic carbocycles. The van der Waals surface area contributed by atoms with Gasteiger partial charge in [-0.2, -0.15) is 0 Å². The first kappa shape index (κ1) is 20.1. The molecule has 0 radical (unpaired) electrons. The van der Waals surface area contributed by atoms with Crippen LogP contribution in [0.25, 0.3) is 17.0 Å². The summed E-state index contributed by atoms with van der Waals surface area (Å²) in [4.78, 5) is 11.7. The lowest BCUT2D eigenvalue weighted by molar-refractivity contribution is 0.617. The van der Waals surface area contributed by atoms with E-state index in [1.165, 1.54) is 31.7 Å². The Balaban J connectivity index is 1.33. The highest BCUT2D eigenvalue weighted by Crippen LogP contribution is 2.35. The maximum atomic E-state index is 13.9. The van der Waals surface area contributed by atoms with Crippen molar-refractivity contribution in [1.82, 2.24) is 19.6 Å². The second kappa shape index (κ2) is 8.46. The third kappa shape index (κ3) is 3.92. The van der Waals surface area contributed by atoms with Crippen molar-refractivity contribution in [2.24, 2.45) is 0 Å². The topological polar surface area (TPSA) is 58.4 Å². The van der Waals surface area contributed by atoms with E-state index in [4.69, 9.17) is 10.1 Å². The number of nitrogens with zero attached hydrogens (tertiary/aromatic N) is 5. The summed E-state index contributed by atoms with van der Waals surface area (Å²) in [6, 6.07) is 17.6. The fourth-order valence-electron chi connectivity index (χ4n) is 5.23. The van der Waals surface area contributed by atoms with Crippen LogP contribution < -0.4 is 10.2 Å². The van der Waals surface area contributed by atoms with Gasteiger partial charge in [0.15, 0.2) is 5.65 Å². The molecule has 6 rings (SSSR count). The number of nitrogens with one attached hydrogen (secondary N) is 1. The number of hydrogen-bond donors (Lipinski definition) is 1. The number of aromatic nitrogens is 4. The molecule has 1 aliphatic heterocycles. The number of halogens is 1. The van der Waals surface area contributed by atoms with Gasteiger partial charge < -0.3 is 10.2 Å². The molecule has 3 aromatic heterocycles. The molecule has 1 atom stereocenters. The molecule has 1 saturated heterocycles. The molecular weight excluding hydrogens is 415 g/mol. The van der Waals surface area contributed by atoms with Crippen LogP contribution >= 0.6 is 0 Å². The Morgan fingerprint density at radius 1 is 0.939 bits per heavy atom. The molecular formula is C26H27FN6. The highest BCUT2D eigenvalue weighted by molar-refractivity contribution is 5.62. The van der Waals surface area contributed by atoms with E-state index in [-0.39, 0.29) is 11.9 Å². The van der Waals surface area contributed by atoms with E-state index in [2.05, 4.69) is 15.2 Å². The van der Waals surface area contributed by atoms with Crippen LogP contribution in [0.5, 0.6) is 0 Å². The van der Waals surface area contributed by atoms with Gasteiger partial charge >= 0.3 is 0 Å². The highest BCUT2D eigenvalue weighted by Gasteiger charge is 2.28. The zero-order valence-corrected chi connectivity index (χ0v) is 18.5. The van der Waals surface area contributed by atoms with E-state index < -0.39 is 0 Å². The smallest absolute Gasteiger partial charge is 0.154 e. The van der Waals surface area contributed by atoms with Crippen molar-refractivity contribution in [3.63, 3.8) is 0 Å². The Labute approximate surface area is 192 Å². The Kier molecular flexibility index (Phi) is 5.17. The Morgan fingerprint density at radius 2 is 1.82 bits per heavy atom. The summed E-state index contributed by atoms with van der Waals surface area (Å²) in [7, 11) is 0. The van der Waals surface area contributed by atoms with Gasteiger partial charge in [-0.3, -0.25) is 0 Å². The van der Waals surface area contributed by atoms with Crippen LogP contribution in [0.4, 0.5) is 16.0 Å². The fraction of sp³-hybridized carbons (Fsp3) is 0.346. The van der Waals surface area contributed by atoms with E-state index in [0.717, 1.165) is 53.6 Å². The Hall–Kier alpha value is -3.48. The molecule has 4 heterocycles. The molecule has 1 saturated carbocycles. The molecule has 1 aliphatic carbocycles. The number of fused-ring (bicyclic) bond motifs is 1. The van der Waals surface area contributed by atoms with Crippen molar-refractivity contribution in [3.05, 3.63) is 72.2 Å². The van der Waals surface area contributed by atoms with Gasteiger partial charge in [-0.05, 0) is 67.6 Å². The van der Waals surface area contributed by atoms with Crippen molar-refractivity contribution in [3.8, 4) is 11.4 Å². The maximum absolute atomic E-state index is 13.9. The predicted octanol–water partition coefficient (Wildman–Crippen LogP) is 5.63. The summed E-state index contributed by atoms with van der Waals surface area (Å²) in [5.74, 6) is 1.57. The minimum absolute atomic E-state index is 0.120. The van der Waals surface area contributed by atoms with Crippen LogP contribution in [0.1, 0.15) is 50.1 Å². The summed E-state index contributed by atoms with van der Waals surface area (Å²) < 4.78 is 15.7. The largest absolute Gasteiger partial charge is 0.367 e. The first-order valence-corrected chi connectivity index (χ1v) is 11.9. The van der Waals surface area contributed by atoms with E-state index in [0.29, 0.717) is 6.04 Å². The molecule has 168 valence electrons. The molecule has 4 aromatic rings. The Bertz CT molecular complexity index is 1280. The summed E-state index contributed by atoms with van der Waals surface area (Å²) in [6.45, 7) is 0.892. The first-order chi connectivity index (χ1) is 16.2. The third-order valence-corrected chi connectivity index (χ3v) is 6.85. The second-order valence-corrected chi connectivity index (χ2v) is 9.05. The van der Waals surface area contributed by atoms with Crippen LogP contribution in [0.2, 0.25) is 0 Å². The number of pyridine rings is 1. The van der Waals surface area contributed by atoms with Gasteiger partial charge in [0.1, 0.15) is 23.1 Å². The monoisotopic (exact) mass is 442 g/mol. The summed E-state index contributed by atoms with van der Waals surface area (Å²) >= 11 is 0. The normalized spacial score (nSPS) is 18.9. The lowest BCUT2D eigenvalue weighted by atomic mass is 10.0. The van der Waals surface area contributed by atoms with Crippen molar-refractivity contribution >= 4 is 17.3 Å². The fourth-order valence-corrected chi connectivity index (χ4v) is 5.23. The SMILES string of the molecule is Fc1cccc(C2CCCN2c2ccc3ncc(-c4cccc(NC5CCCC5)n4)n3n2)c1. The number of benzene rings is 1. The van der Waals surface area contributed by atoms with Crippen LogP contribution in [0.15, 0.2) is 60.8 Å². The Morgan fingerprint density at radius 3 is 2.70 bits per heavy atom. The quantitative estimate of drug-likeness (QED) is 0.434. The average molecular weight is 443 g/mol. The van der Waals surface area contributed by atoms with Crippen LogP contribution in [-0.4, -0.2) is 32.2 Å². The minimum Gasteiger partial charge on any atom is -0.367 e. The molecule has 1 N–H and O–H groups in total. The highest BCUT2D eigenvalue weighted by atomic mass is 19.1. The van der Waals surface area contributed by atoms with Crippen LogP contribution in [-0.2, 0) is 0 Å². The molecule has 1 unspecified atom stereocenters. The van der Waals surface area contributed by atoms with Gasteiger partial charge in [-0.15, -0.1) is 5.10 Å². The van der Waals surface area contributed by atoms with Gasteiger partial charge in [-0.25, -0.2) is 18.9 Å². The maximum Gasteiger partial charge on any atom is 0.154 e. The lowest BCUT2D eigenvalue weighted by Crippen LogP contribution is -2.24. The average Bonchev–Trinajstić information content (AvgIpc) is 3.59. The third-order valence-electron chi connectivity index (χ3n) is 6.85. The van der Waals surface area contributed by atoms with Gasteiger partial charge in [-0.1, -0.05) is 31.0 Å². The van der Waals surface area contributed by atoms with Crippen LogP contribution in [0.3, 0.4) is 0 Å². The zero-order chi connectivity index (χ0) is 22.2. The van der Waals surface area contributed by atoms with Gasteiger partial charge in [0, 0.05) is 12.6 Å². The second-order valence-electron chi connectivity index (χ2n) is 9.05. The summed E-state index contributed by atoms with van der Waals surface area (Å²) in [5, 5.41) is 8.53. The molecule has 0 amide bonds. The van der Waals surface area contributed by atoms with Crippen molar-refractivity contribution in [2.75, 3.05) is 16.8 Å². The van der Waals surface area contributed by atoms with Gasteiger partial charge in [0.25, 0.3) is 0 Å². The number of rotatable bonds is 5. The zero-order valence-electron chi connectivity index (χ0n) is 18.5. The lowest BCUT2D eigenvalue weighted by Gasteiger charge is -2.26. The van der Waals surface area contributed by atoms with E-state index in [1.807, 2.05) is 47.1 Å². The molecule has 2 aliphatic rings. The summed E-state index contributed by atoms with van der Waals surface area (Å²) in [5.41, 5.74) is 3.49. The minimum atomic E-state index is -0.197. The number of hydrogen-bond acceptors (Lipinski definition) is 5.